The SMILES string of the molecule is NCc1cccc(F)c1N1CCC(OCCO)CC1. The fraction of sp³-hybridized carbons (Fsp3) is 0.571. The summed E-state index contributed by atoms with van der Waals surface area (Å²) in [6, 6.07) is 5.04. The van der Waals surface area contributed by atoms with Gasteiger partial charge < -0.3 is 20.5 Å². The van der Waals surface area contributed by atoms with Crippen molar-refractivity contribution in [1.82, 2.24) is 0 Å². The van der Waals surface area contributed by atoms with Crippen LogP contribution in [0.5, 0.6) is 0 Å². The number of nitrogens with zero attached hydrogens (tertiary/aromatic N) is 1. The van der Waals surface area contributed by atoms with Gasteiger partial charge in [0.2, 0.25) is 0 Å². The topological polar surface area (TPSA) is 58.7 Å². The first kappa shape index (κ1) is 14.2. The molecular formula is C14H21FN2O2. The van der Waals surface area contributed by atoms with Crippen LogP contribution in [0.3, 0.4) is 0 Å². The Labute approximate surface area is 113 Å². The van der Waals surface area contributed by atoms with Crippen LogP contribution in [0.15, 0.2) is 18.2 Å². The zero-order chi connectivity index (χ0) is 13.7. The molecule has 1 aliphatic heterocycles. The number of aliphatic hydroxyl groups is 1. The minimum absolute atomic E-state index is 0.0465. The second-order valence-electron chi connectivity index (χ2n) is 4.73. The average molecular weight is 268 g/mol. The number of rotatable bonds is 5. The molecule has 1 aliphatic rings. The Balaban J connectivity index is 2.01. The molecule has 0 atom stereocenters. The number of halogens is 1. The van der Waals surface area contributed by atoms with Crippen LogP contribution in [0.1, 0.15) is 18.4 Å². The van der Waals surface area contributed by atoms with Crippen LogP contribution < -0.4 is 10.6 Å². The summed E-state index contributed by atoms with van der Waals surface area (Å²) >= 11 is 0. The van der Waals surface area contributed by atoms with Crippen LogP contribution in [-0.2, 0) is 11.3 Å². The summed E-state index contributed by atoms with van der Waals surface area (Å²) in [6.07, 6.45) is 1.85. The fourth-order valence-corrected chi connectivity index (χ4v) is 2.54. The molecule has 1 saturated heterocycles. The smallest absolute Gasteiger partial charge is 0.146 e. The molecule has 1 heterocycles. The second kappa shape index (κ2) is 6.84. The third-order valence-corrected chi connectivity index (χ3v) is 3.49. The second-order valence-corrected chi connectivity index (χ2v) is 4.73. The number of piperidine rings is 1. The lowest BCUT2D eigenvalue weighted by Crippen LogP contribution is -2.38. The Bertz CT molecular complexity index is 406. The highest BCUT2D eigenvalue weighted by molar-refractivity contribution is 5.55. The van der Waals surface area contributed by atoms with Crippen molar-refractivity contribution in [1.29, 1.82) is 0 Å². The first-order valence-corrected chi connectivity index (χ1v) is 6.71. The van der Waals surface area contributed by atoms with Crippen LogP contribution in [0.2, 0.25) is 0 Å². The molecule has 4 nitrogen and oxygen atoms in total. The van der Waals surface area contributed by atoms with E-state index in [9.17, 15) is 4.39 Å². The van der Waals surface area contributed by atoms with Gasteiger partial charge in [-0.15, -0.1) is 0 Å². The lowest BCUT2D eigenvalue weighted by molar-refractivity contribution is 0.0158. The highest BCUT2D eigenvalue weighted by Gasteiger charge is 2.23. The standard InChI is InChI=1S/C14H21FN2O2/c15-13-3-1-2-11(10-16)14(13)17-6-4-12(5-7-17)19-9-8-18/h1-3,12,18H,4-10,16H2. The minimum atomic E-state index is -0.210. The summed E-state index contributed by atoms with van der Waals surface area (Å²) in [7, 11) is 0. The first-order valence-electron chi connectivity index (χ1n) is 6.71. The first-order chi connectivity index (χ1) is 9.26. The predicted octanol–water partition coefficient (Wildman–Crippen LogP) is 1.26. The van der Waals surface area contributed by atoms with Gasteiger partial charge in [0.1, 0.15) is 5.82 Å². The predicted molar refractivity (Wildman–Crippen MR) is 72.6 cm³/mol. The molecule has 0 saturated carbocycles. The molecule has 0 aromatic heterocycles. The van der Waals surface area contributed by atoms with E-state index in [0.717, 1.165) is 31.5 Å². The molecule has 0 aliphatic carbocycles. The van der Waals surface area contributed by atoms with E-state index >= 15 is 0 Å². The molecule has 19 heavy (non-hydrogen) atoms. The Kier molecular flexibility index (Phi) is 5.13. The number of aliphatic hydroxyl groups excluding tert-OH is 1. The third-order valence-electron chi connectivity index (χ3n) is 3.49. The molecule has 1 fully saturated rings. The number of hydrogen-bond donors (Lipinski definition) is 2. The van der Waals surface area contributed by atoms with Gasteiger partial charge in [-0.1, -0.05) is 12.1 Å². The number of hydrogen-bond acceptors (Lipinski definition) is 4. The van der Waals surface area contributed by atoms with Gasteiger partial charge in [0, 0.05) is 19.6 Å². The van der Waals surface area contributed by atoms with Gasteiger partial charge in [0.25, 0.3) is 0 Å². The number of benzene rings is 1. The van der Waals surface area contributed by atoms with E-state index in [1.165, 1.54) is 6.07 Å². The van der Waals surface area contributed by atoms with Gasteiger partial charge in [0.05, 0.1) is 25.0 Å². The maximum Gasteiger partial charge on any atom is 0.146 e. The highest BCUT2D eigenvalue weighted by Crippen LogP contribution is 2.27. The monoisotopic (exact) mass is 268 g/mol. The number of ether oxygens (including phenoxy) is 1. The van der Waals surface area contributed by atoms with Gasteiger partial charge in [-0.2, -0.15) is 0 Å². The van der Waals surface area contributed by atoms with Crippen LogP contribution in [-0.4, -0.2) is 37.5 Å². The maximum atomic E-state index is 14.0. The molecule has 1 aromatic carbocycles. The Morgan fingerprint density at radius 3 is 2.74 bits per heavy atom. The van der Waals surface area contributed by atoms with Gasteiger partial charge in [-0.3, -0.25) is 0 Å². The Morgan fingerprint density at radius 2 is 2.11 bits per heavy atom. The zero-order valence-corrected chi connectivity index (χ0v) is 11.0. The normalized spacial score (nSPS) is 16.9. The van der Waals surface area contributed by atoms with Crippen molar-refractivity contribution in [2.45, 2.75) is 25.5 Å². The van der Waals surface area contributed by atoms with Gasteiger partial charge in [-0.05, 0) is 24.5 Å². The highest BCUT2D eigenvalue weighted by atomic mass is 19.1. The van der Waals surface area contributed by atoms with Gasteiger partial charge in [-0.25, -0.2) is 4.39 Å². The van der Waals surface area contributed by atoms with E-state index in [0.29, 0.717) is 18.8 Å². The van der Waals surface area contributed by atoms with E-state index < -0.39 is 0 Å². The summed E-state index contributed by atoms with van der Waals surface area (Å²) in [5, 5.41) is 8.73. The third kappa shape index (κ3) is 3.43. The summed E-state index contributed by atoms with van der Waals surface area (Å²) in [6.45, 7) is 2.27. The molecule has 5 heteroatoms. The van der Waals surface area contributed by atoms with Gasteiger partial charge >= 0.3 is 0 Å². The molecule has 0 radical (unpaired) electrons. The minimum Gasteiger partial charge on any atom is -0.394 e. The summed E-state index contributed by atoms with van der Waals surface area (Å²) < 4.78 is 19.5. The Hall–Kier alpha value is -1.17. The largest absolute Gasteiger partial charge is 0.394 e. The van der Waals surface area contributed by atoms with Crippen molar-refractivity contribution in [2.75, 3.05) is 31.2 Å². The van der Waals surface area contributed by atoms with Crippen molar-refractivity contribution >= 4 is 5.69 Å². The van der Waals surface area contributed by atoms with Gasteiger partial charge in [0.15, 0.2) is 0 Å². The van der Waals surface area contributed by atoms with Crippen molar-refractivity contribution in [2.24, 2.45) is 5.73 Å². The molecule has 106 valence electrons. The van der Waals surface area contributed by atoms with E-state index in [1.54, 1.807) is 6.07 Å². The van der Waals surface area contributed by atoms with E-state index in [1.807, 2.05) is 11.0 Å². The number of para-hydroxylation sites is 1. The van der Waals surface area contributed by atoms with Crippen molar-refractivity contribution in [3.63, 3.8) is 0 Å². The molecule has 0 bridgehead atoms. The summed E-state index contributed by atoms with van der Waals surface area (Å²) in [5.74, 6) is -0.210. The lowest BCUT2D eigenvalue weighted by Gasteiger charge is -2.34. The van der Waals surface area contributed by atoms with Crippen molar-refractivity contribution in [3.05, 3.63) is 29.6 Å². The van der Waals surface area contributed by atoms with E-state index in [4.69, 9.17) is 15.6 Å². The lowest BCUT2D eigenvalue weighted by atomic mass is 10.0. The van der Waals surface area contributed by atoms with Crippen molar-refractivity contribution in [3.8, 4) is 0 Å². The quantitative estimate of drug-likeness (QED) is 0.844. The molecular weight excluding hydrogens is 247 g/mol. The molecule has 2 rings (SSSR count). The maximum absolute atomic E-state index is 14.0. The van der Waals surface area contributed by atoms with Crippen LogP contribution in [0.4, 0.5) is 10.1 Å². The van der Waals surface area contributed by atoms with Crippen LogP contribution >= 0.6 is 0 Å². The number of anilines is 1. The number of nitrogens with two attached hydrogens (primary N) is 1. The molecule has 0 spiro atoms. The molecule has 0 amide bonds. The molecule has 0 unspecified atom stereocenters. The van der Waals surface area contributed by atoms with E-state index in [-0.39, 0.29) is 18.5 Å². The Morgan fingerprint density at radius 1 is 1.37 bits per heavy atom. The molecule has 1 aromatic rings. The van der Waals surface area contributed by atoms with Crippen LogP contribution in [0.25, 0.3) is 0 Å². The molecule has 3 N–H and O–H groups in total. The fourth-order valence-electron chi connectivity index (χ4n) is 2.54. The summed E-state index contributed by atoms with van der Waals surface area (Å²) in [4.78, 5) is 2.04. The zero-order valence-electron chi connectivity index (χ0n) is 11.0. The van der Waals surface area contributed by atoms with E-state index in [2.05, 4.69) is 0 Å². The van der Waals surface area contributed by atoms with Crippen LogP contribution in [0, 0.1) is 5.82 Å². The summed E-state index contributed by atoms with van der Waals surface area (Å²) in [5.41, 5.74) is 7.15. The average Bonchev–Trinajstić information content (AvgIpc) is 2.45. The van der Waals surface area contributed by atoms with Crippen molar-refractivity contribution < 1.29 is 14.2 Å².